The third-order valence-electron chi connectivity index (χ3n) is 5.43. The number of hydrogen-bond donors (Lipinski definition) is 1. The first-order valence-corrected chi connectivity index (χ1v) is 11.8. The van der Waals surface area contributed by atoms with Crippen molar-refractivity contribution in [1.82, 2.24) is 9.88 Å². The highest BCUT2D eigenvalue weighted by atomic mass is 32.1. The maximum atomic E-state index is 13.5. The fourth-order valence-electron chi connectivity index (χ4n) is 3.63. The largest absolute Gasteiger partial charge is 0.497 e. The fraction of sp³-hybridized carbons (Fsp3) is 0.107. The molecular weight excluding hydrogens is 458 g/mol. The number of rotatable bonds is 6. The summed E-state index contributed by atoms with van der Waals surface area (Å²) in [5.74, 6) is 0.125. The average molecular weight is 482 g/mol. The molecule has 4 aromatic rings. The summed E-state index contributed by atoms with van der Waals surface area (Å²) in [6, 6.07) is 27.5. The van der Waals surface area contributed by atoms with E-state index in [4.69, 9.17) is 4.74 Å². The second kappa shape index (κ2) is 10.7. The first-order chi connectivity index (χ1) is 17.0. The van der Waals surface area contributed by atoms with Gasteiger partial charge in [0.05, 0.1) is 23.4 Å². The molecule has 0 saturated heterocycles. The topological polar surface area (TPSA) is 84.1 Å². The predicted octanol–water partition coefficient (Wildman–Crippen LogP) is 3.29. The first-order valence-electron chi connectivity index (χ1n) is 10.9. The van der Waals surface area contributed by atoms with Gasteiger partial charge in [-0.3, -0.25) is 14.2 Å². The standard InChI is InChI=1S/C28H23N3O3S/c1-19(21-11-5-3-6-12-21)30-26(32)24(18-29)28-31(22-13-7-4-8-14-22)27(33)25(35-28)17-20-10-9-15-23(16-20)34-2/h3-17,19H,1-2H3,(H,30,32)/b25-17+,28-24+/t19-/m0/s1. The van der Waals surface area contributed by atoms with Crippen LogP contribution in [0, 0.1) is 11.3 Å². The molecule has 7 heteroatoms. The smallest absolute Gasteiger partial charge is 0.273 e. The molecule has 1 amide bonds. The molecule has 3 aromatic carbocycles. The summed E-state index contributed by atoms with van der Waals surface area (Å²) in [7, 11) is 1.58. The van der Waals surface area contributed by atoms with E-state index < -0.39 is 5.91 Å². The highest BCUT2D eigenvalue weighted by Gasteiger charge is 2.19. The Morgan fingerprint density at radius 3 is 2.40 bits per heavy atom. The van der Waals surface area contributed by atoms with Crippen LogP contribution in [0.5, 0.6) is 5.75 Å². The molecule has 1 aromatic heterocycles. The molecule has 6 nitrogen and oxygen atoms in total. The Hall–Kier alpha value is -4.41. The molecule has 0 bridgehead atoms. The number of hydrogen-bond acceptors (Lipinski definition) is 5. The molecule has 0 aliphatic heterocycles. The van der Waals surface area contributed by atoms with Gasteiger partial charge in [-0.15, -0.1) is 11.3 Å². The molecular formula is C28H23N3O3S. The van der Waals surface area contributed by atoms with Crippen LogP contribution >= 0.6 is 11.3 Å². The van der Waals surface area contributed by atoms with E-state index >= 15 is 0 Å². The number of nitriles is 1. The molecule has 0 aliphatic carbocycles. The normalized spacial score (nSPS) is 13.0. The molecule has 1 atom stereocenters. The zero-order valence-electron chi connectivity index (χ0n) is 19.3. The Kier molecular flexibility index (Phi) is 7.24. The molecule has 0 fully saturated rings. The highest BCUT2D eigenvalue weighted by molar-refractivity contribution is 7.07. The number of methoxy groups -OCH3 is 1. The Balaban J connectivity index is 1.89. The van der Waals surface area contributed by atoms with Crippen molar-refractivity contribution in [3.8, 4) is 17.5 Å². The zero-order chi connectivity index (χ0) is 24.8. The number of ether oxygens (including phenoxy) is 1. The lowest BCUT2D eigenvalue weighted by molar-refractivity contribution is -0.116. The van der Waals surface area contributed by atoms with E-state index in [9.17, 15) is 14.9 Å². The lowest BCUT2D eigenvalue weighted by atomic mass is 10.1. The molecule has 1 N–H and O–H groups in total. The van der Waals surface area contributed by atoms with Gasteiger partial charge in [-0.1, -0.05) is 60.7 Å². The van der Waals surface area contributed by atoms with Gasteiger partial charge in [-0.2, -0.15) is 5.26 Å². The van der Waals surface area contributed by atoms with Gasteiger partial charge in [-0.05, 0) is 48.4 Å². The number of carbonyl (C=O) groups excluding carboxylic acids is 1. The van der Waals surface area contributed by atoms with Crippen LogP contribution in [0.4, 0.5) is 0 Å². The van der Waals surface area contributed by atoms with E-state index in [2.05, 4.69) is 5.32 Å². The lowest BCUT2D eigenvalue weighted by Crippen LogP contribution is -2.34. The number of aromatic nitrogens is 1. The second-order valence-electron chi connectivity index (χ2n) is 7.76. The van der Waals surface area contributed by atoms with Crippen molar-refractivity contribution in [2.45, 2.75) is 13.0 Å². The number of nitrogens with zero attached hydrogens (tertiary/aromatic N) is 2. The number of nitrogens with one attached hydrogen (secondary N) is 1. The van der Waals surface area contributed by atoms with Crippen molar-refractivity contribution in [2.24, 2.45) is 0 Å². The van der Waals surface area contributed by atoms with Crippen molar-refractivity contribution in [1.29, 1.82) is 5.26 Å². The number of para-hydroxylation sites is 1. The first kappa shape index (κ1) is 23.7. The van der Waals surface area contributed by atoms with Gasteiger partial charge < -0.3 is 10.1 Å². The van der Waals surface area contributed by atoms with Crippen LogP contribution in [-0.2, 0) is 4.79 Å². The van der Waals surface area contributed by atoms with Gasteiger partial charge in [0, 0.05) is 0 Å². The van der Waals surface area contributed by atoms with Gasteiger partial charge >= 0.3 is 0 Å². The molecule has 35 heavy (non-hydrogen) atoms. The van der Waals surface area contributed by atoms with Gasteiger partial charge in [-0.25, -0.2) is 0 Å². The van der Waals surface area contributed by atoms with Crippen molar-refractivity contribution >= 4 is 28.9 Å². The maximum absolute atomic E-state index is 13.5. The number of amides is 1. The summed E-state index contributed by atoms with van der Waals surface area (Å²) in [4.78, 5) is 26.7. The Bertz CT molecular complexity index is 1570. The van der Waals surface area contributed by atoms with E-state index in [-0.39, 0.29) is 21.8 Å². The average Bonchev–Trinajstić information content (AvgIpc) is 3.20. The molecule has 0 radical (unpaired) electrons. The van der Waals surface area contributed by atoms with Crippen molar-refractivity contribution in [3.05, 3.63) is 116 Å². The van der Waals surface area contributed by atoms with E-state index in [1.165, 1.54) is 4.57 Å². The summed E-state index contributed by atoms with van der Waals surface area (Å²) in [5, 5.41) is 12.9. The minimum atomic E-state index is -0.539. The minimum absolute atomic E-state index is 0.121. The number of benzene rings is 3. The van der Waals surface area contributed by atoms with E-state index in [0.717, 1.165) is 22.5 Å². The van der Waals surface area contributed by atoms with E-state index in [1.54, 1.807) is 37.5 Å². The summed E-state index contributed by atoms with van der Waals surface area (Å²) >= 11 is 1.11. The SMILES string of the molecule is COc1cccc(/C=c2/s/c(=C(\C#N)C(=O)N[C@@H](C)c3ccccc3)n(-c3ccccc3)c2=O)c1. The van der Waals surface area contributed by atoms with Crippen LogP contribution in [0.25, 0.3) is 17.3 Å². The van der Waals surface area contributed by atoms with Crippen LogP contribution in [0.1, 0.15) is 24.1 Å². The van der Waals surface area contributed by atoms with E-state index in [0.29, 0.717) is 16.0 Å². The predicted molar refractivity (Wildman–Crippen MR) is 138 cm³/mol. The summed E-state index contributed by atoms with van der Waals surface area (Å²) in [6.45, 7) is 1.85. The van der Waals surface area contributed by atoms with Crippen molar-refractivity contribution in [2.75, 3.05) is 7.11 Å². The van der Waals surface area contributed by atoms with E-state index in [1.807, 2.05) is 73.7 Å². The Morgan fingerprint density at radius 1 is 1.06 bits per heavy atom. The number of carbonyl (C=O) groups is 1. The molecule has 1 heterocycles. The summed E-state index contributed by atoms with van der Waals surface area (Å²) < 4.78 is 7.37. The van der Waals surface area contributed by atoms with Crippen LogP contribution < -0.4 is 24.8 Å². The Morgan fingerprint density at radius 2 is 1.74 bits per heavy atom. The van der Waals surface area contributed by atoms with Gasteiger partial charge in [0.2, 0.25) is 0 Å². The molecule has 0 spiro atoms. The minimum Gasteiger partial charge on any atom is -0.497 e. The van der Waals surface area contributed by atoms with Crippen LogP contribution in [-0.4, -0.2) is 17.6 Å². The van der Waals surface area contributed by atoms with Crippen LogP contribution in [0.2, 0.25) is 0 Å². The second-order valence-corrected chi connectivity index (χ2v) is 8.79. The summed E-state index contributed by atoms with van der Waals surface area (Å²) in [6.07, 6.45) is 1.73. The van der Waals surface area contributed by atoms with Gasteiger partial charge in [0.15, 0.2) is 5.57 Å². The van der Waals surface area contributed by atoms with Crippen LogP contribution in [0.3, 0.4) is 0 Å². The van der Waals surface area contributed by atoms with Gasteiger partial charge in [0.25, 0.3) is 11.5 Å². The molecule has 0 unspecified atom stereocenters. The third-order valence-corrected chi connectivity index (χ3v) is 6.52. The zero-order valence-corrected chi connectivity index (χ0v) is 20.1. The quantitative estimate of drug-likeness (QED) is 0.458. The summed E-state index contributed by atoms with van der Waals surface area (Å²) in [5.41, 5.74) is 1.83. The van der Waals surface area contributed by atoms with Gasteiger partial charge in [0.1, 0.15) is 16.5 Å². The third kappa shape index (κ3) is 5.24. The molecule has 0 aliphatic rings. The molecule has 0 saturated carbocycles. The van der Waals surface area contributed by atoms with Crippen molar-refractivity contribution < 1.29 is 9.53 Å². The molecule has 174 valence electrons. The maximum Gasteiger partial charge on any atom is 0.273 e. The highest BCUT2D eigenvalue weighted by Crippen LogP contribution is 2.14. The fourth-order valence-corrected chi connectivity index (χ4v) is 4.74. The van der Waals surface area contributed by atoms with Crippen LogP contribution in [0.15, 0.2) is 89.7 Å². The lowest BCUT2D eigenvalue weighted by Gasteiger charge is -2.13. The number of thiazole rings is 1. The van der Waals surface area contributed by atoms with Crippen molar-refractivity contribution in [3.63, 3.8) is 0 Å². The molecule has 4 rings (SSSR count). The Labute approximate surface area is 206 Å². The monoisotopic (exact) mass is 481 g/mol.